The highest BCUT2D eigenvalue weighted by Crippen LogP contribution is 2.33. The molecule has 0 saturated heterocycles. The topological polar surface area (TPSA) is 64.9 Å². The van der Waals surface area contributed by atoms with Gasteiger partial charge >= 0.3 is 0 Å². The van der Waals surface area contributed by atoms with Crippen LogP contribution in [0.25, 0.3) is 0 Å². The molecule has 0 amide bonds. The molecule has 2 rings (SSSR count). The second kappa shape index (κ2) is 4.85. The number of aromatic nitrogens is 2. The minimum atomic E-state index is -0.386. The van der Waals surface area contributed by atoms with Crippen LogP contribution >= 0.6 is 11.8 Å². The summed E-state index contributed by atoms with van der Waals surface area (Å²) in [6.45, 7) is 3.44. The predicted molar refractivity (Wildman–Crippen MR) is 62.2 cm³/mol. The second-order valence-electron chi connectivity index (χ2n) is 3.63. The lowest BCUT2D eigenvalue weighted by atomic mass is 10.1. The van der Waals surface area contributed by atoms with Gasteiger partial charge in [0.2, 0.25) is 5.89 Å². The van der Waals surface area contributed by atoms with Gasteiger partial charge in [0.15, 0.2) is 0 Å². The van der Waals surface area contributed by atoms with E-state index in [2.05, 4.69) is 10.2 Å². The molecule has 1 heterocycles. The number of halogens is 1. The van der Waals surface area contributed by atoms with Crippen LogP contribution in [0, 0.1) is 12.7 Å². The van der Waals surface area contributed by atoms with Crippen LogP contribution in [-0.2, 0) is 0 Å². The zero-order valence-electron chi connectivity index (χ0n) is 9.48. The molecule has 0 spiro atoms. The maximum atomic E-state index is 13.6. The van der Waals surface area contributed by atoms with Crippen molar-refractivity contribution in [2.24, 2.45) is 5.73 Å². The van der Waals surface area contributed by atoms with E-state index in [1.807, 2.05) is 0 Å². The molecule has 0 aliphatic carbocycles. The predicted octanol–water partition coefficient (Wildman–Crippen LogP) is 2.69. The summed E-state index contributed by atoms with van der Waals surface area (Å²) in [6, 6.07) is 4.42. The van der Waals surface area contributed by atoms with Crippen molar-refractivity contribution in [3.63, 3.8) is 0 Å². The number of nitrogens with two attached hydrogens (primary N) is 1. The molecule has 0 unspecified atom stereocenters. The van der Waals surface area contributed by atoms with Crippen LogP contribution in [0.15, 0.2) is 32.7 Å². The van der Waals surface area contributed by atoms with Gasteiger partial charge in [-0.15, -0.1) is 10.2 Å². The molecule has 1 aromatic heterocycles. The fraction of sp³-hybridized carbons (Fsp3) is 0.273. The van der Waals surface area contributed by atoms with Gasteiger partial charge in [0.05, 0.1) is 0 Å². The Morgan fingerprint density at radius 3 is 2.76 bits per heavy atom. The van der Waals surface area contributed by atoms with E-state index in [0.29, 0.717) is 21.6 Å². The van der Waals surface area contributed by atoms with Crippen molar-refractivity contribution in [1.82, 2.24) is 10.2 Å². The molecule has 0 radical (unpaired) electrons. The molecular formula is C11H12FN3OS. The van der Waals surface area contributed by atoms with Crippen LogP contribution in [0.5, 0.6) is 0 Å². The molecule has 1 aromatic carbocycles. The molecule has 2 N–H and O–H groups in total. The third kappa shape index (κ3) is 2.65. The summed E-state index contributed by atoms with van der Waals surface area (Å²) in [5.41, 5.74) is 6.22. The van der Waals surface area contributed by atoms with Crippen molar-refractivity contribution in [3.05, 3.63) is 35.5 Å². The Balaban J connectivity index is 2.35. The first-order valence-electron chi connectivity index (χ1n) is 5.10. The molecule has 0 fully saturated rings. The van der Waals surface area contributed by atoms with E-state index >= 15 is 0 Å². The number of hydrogen-bond acceptors (Lipinski definition) is 5. The molecule has 90 valence electrons. The Morgan fingerprint density at radius 1 is 1.41 bits per heavy atom. The van der Waals surface area contributed by atoms with Gasteiger partial charge in [0.1, 0.15) is 5.82 Å². The fourth-order valence-corrected chi connectivity index (χ4v) is 2.43. The van der Waals surface area contributed by atoms with Crippen LogP contribution < -0.4 is 5.73 Å². The minimum Gasteiger partial charge on any atom is -0.416 e. The smallest absolute Gasteiger partial charge is 0.281 e. The normalized spacial score (nSPS) is 12.7. The lowest BCUT2D eigenvalue weighted by molar-refractivity contribution is 0.429. The number of nitrogens with zero attached hydrogens (tertiary/aromatic N) is 2. The average Bonchev–Trinajstić information content (AvgIpc) is 2.63. The van der Waals surface area contributed by atoms with Crippen molar-refractivity contribution in [1.29, 1.82) is 0 Å². The molecule has 0 saturated carbocycles. The zero-order valence-corrected chi connectivity index (χ0v) is 10.3. The molecule has 6 heteroatoms. The molecular weight excluding hydrogens is 241 g/mol. The standard InChI is InChI=1S/C11H12FN3OS/c1-6(13)10-8(12)4-3-5-9(10)17-11-15-14-7(2)16-11/h3-6H,13H2,1-2H3/t6-/m1/s1. The van der Waals surface area contributed by atoms with Crippen LogP contribution in [0.3, 0.4) is 0 Å². The van der Waals surface area contributed by atoms with Gasteiger partial charge in [-0.1, -0.05) is 6.07 Å². The van der Waals surface area contributed by atoms with E-state index in [-0.39, 0.29) is 11.9 Å². The van der Waals surface area contributed by atoms with Gasteiger partial charge in [0.25, 0.3) is 5.22 Å². The van der Waals surface area contributed by atoms with E-state index < -0.39 is 0 Å². The first-order valence-corrected chi connectivity index (χ1v) is 5.91. The largest absolute Gasteiger partial charge is 0.416 e. The lowest BCUT2D eigenvalue weighted by Gasteiger charge is -2.11. The maximum absolute atomic E-state index is 13.6. The highest BCUT2D eigenvalue weighted by atomic mass is 32.2. The van der Waals surface area contributed by atoms with Gasteiger partial charge in [0, 0.05) is 23.4 Å². The maximum Gasteiger partial charge on any atom is 0.281 e. The summed E-state index contributed by atoms with van der Waals surface area (Å²) in [7, 11) is 0. The van der Waals surface area contributed by atoms with Gasteiger partial charge in [-0.3, -0.25) is 0 Å². The SMILES string of the molecule is Cc1nnc(Sc2cccc(F)c2[C@@H](C)N)o1. The molecule has 2 aromatic rings. The zero-order chi connectivity index (χ0) is 12.4. The van der Waals surface area contributed by atoms with Crippen molar-refractivity contribution < 1.29 is 8.81 Å². The highest BCUT2D eigenvalue weighted by molar-refractivity contribution is 7.99. The molecule has 17 heavy (non-hydrogen) atoms. The summed E-state index contributed by atoms with van der Waals surface area (Å²) < 4.78 is 18.9. The Morgan fingerprint density at radius 2 is 2.18 bits per heavy atom. The van der Waals surface area contributed by atoms with E-state index in [1.54, 1.807) is 26.0 Å². The Labute approximate surface area is 102 Å². The highest BCUT2D eigenvalue weighted by Gasteiger charge is 2.15. The van der Waals surface area contributed by atoms with Crippen molar-refractivity contribution in [3.8, 4) is 0 Å². The quantitative estimate of drug-likeness (QED) is 0.911. The van der Waals surface area contributed by atoms with Gasteiger partial charge in [-0.25, -0.2) is 4.39 Å². The lowest BCUT2D eigenvalue weighted by Crippen LogP contribution is -2.08. The van der Waals surface area contributed by atoms with Crippen LogP contribution in [-0.4, -0.2) is 10.2 Å². The molecule has 0 aliphatic heterocycles. The molecule has 4 nitrogen and oxygen atoms in total. The fourth-order valence-electron chi connectivity index (χ4n) is 1.46. The minimum absolute atomic E-state index is 0.318. The van der Waals surface area contributed by atoms with Gasteiger partial charge < -0.3 is 10.2 Å². The Hall–Kier alpha value is -1.40. The van der Waals surface area contributed by atoms with Gasteiger partial charge in [-0.2, -0.15) is 0 Å². The van der Waals surface area contributed by atoms with Crippen LogP contribution in [0.2, 0.25) is 0 Å². The molecule has 1 atom stereocenters. The third-order valence-corrected chi connectivity index (χ3v) is 3.09. The Kier molecular flexibility index (Phi) is 3.44. The van der Waals surface area contributed by atoms with Crippen molar-refractivity contribution in [2.45, 2.75) is 30.0 Å². The van der Waals surface area contributed by atoms with E-state index in [0.717, 1.165) is 0 Å². The summed E-state index contributed by atoms with van der Waals surface area (Å²) in [6.07, 6.45) is 0. The number of benzene rings is 1. The monoisotopic (exact) mass is 253 g/mol. The summed E-state index contributed by atoms with van der Waals surface area (Å²) in [5, 5.41) is 7.96. The second-order valence-corrected chi connectivity index (χ2v) is 4.62. The first-order chi connectivity index (χ1) is 8.08. The number of aryl methyl sites for hydroxylation is 1. The summed E-state index contributed by atoms with van der Waals surface area (Å²) >= 11 is 1.22. The molecule has 0 bridgehead atoms. The number of rotatable bonds is 3. The Bertz CT molecular complexity index is 527. The van der Waals surface area contributed by atoms with Crippen molar-refractivity contribution >= 4 is 11.8 Å². The van der Waals surface area contributed by atoms with E-state index in [4.69, 9.17) is 10.2 Å². The summed E-state index contributed by atoms with van der Waals surface area (Å²) in [5.74, 6) is 0.160. The first kappa shape index (κ1) is 12.1. The molecule has 0 aliphatic rings. The third-order valence-electron chi connectivity index (χ3n) is 2.17. The van der Waals surface area contributed by atoms with Gasteiger partial charge in [-0.05, 0) is 30.8 Å². The van der Waals surface area contributed by atoms with Crippen LogP contribution in [0.1, 0.15) is 24.4 Å². The van der Waals surface area contributed by atoms with E-state index in [9.17, 15) is 4.39 Å². The summed E-state index contributed by atoms with van der Waals surface area (Å²) in [4.78, 5) is 0.698. The van der Waals surface area contributed by atoms with Crippen LogP contribution in [0.4, 0.5) is 4.39 Å². The van der Waals surface area contributed by atoms with Crippen molar-refractivity contribution in [2.75, 3.05) is 0 Å². The average molecular weight is 253 g/mol. The van der Waals surface area contributed by atoms with E-state index in [1.165, 1.54) is 17.8 Å². The number of hydrogen-bond donors (Lipinski definition) is 1.